The Morgan fingerprint density at radius 1 is 1.30 bits per heavy atom. The van der Waals surface area contributed by atoms with E-state index in [2.05, 4.69) is 15.3 Å². The fourth-order valence-corrected chi connectivity index (χ4v) is 2.63. The number of fused-ring (bicyclic) bond motifs is 1. The van der Waals surface area contributed by atoms with E-state index in [1.807, 2.05) is 31.2 Å². The molecule has 1 heterocycles. The number of hydrogen-bond acceptors (Lipinski definition) is 2. The van der Waals surface area contributed by atoms with Crippen LogP contribution < -0.4 is 5.32 Å². The van der Waals surface area contributed by atoms with Crippen molar-refractivity contribution in [3.8, 4) is 0 Å². The van der Waals surface area contributed by atoms with Gasteiger partial charge in [0.2, 0.25) is 5.91 Å². The van der Waals surface area contributed by atoms with Gasteiger partial charge in [0.25, 0.3) is 0 Å². The molecule has 2 N–H and O–H groups in total. The first kappa shape index (κ1) is 15.5. The minimum atomic E-state index is -0.482. The maximum Gasteiger partial charge on any atom is 0.225 e. The lowest BCUT2D eigenvalue weighted by molar-refractivity contribution is -0.121. The van der Waals surface area contributed by atoms with Crippen molar-refractivity contribution in [1.29, 1.82) is 0 Å². The molecule has 1 aromatic heterocycles. The number of imidazole rings is 1. The highest BCUT2D eigenvalue weighted by Crippen LogP contribution is 2.20. The normalized spacial score (nSPS) is 12.3. The summed E-state index contributed by atoms with van der Waals surface area (Å²) < 4.78 is 13.7. The first-order valence-electron chi connectivity index (χ1n) is 7.21. The molecule has 0 aliphatic rings. The number of carbonyl (C=O) groups is 1. The predicted octanol–water partition coefficient (Wildman–Crippen LogP) is 3.78. The maximum absolute atomic E-state index is 13.7. The van der Waals surface area contributed by atoms with Gasteiger partial charge >= 0.3 is 0 Å². The molecule has 2 aromatic carbocycles. The standard InChI is InChI=1S/C17H15ClFN3O/c1-10(17-21-14-7-2-3-8-15(14)22-17)20-16(23)9-11-12(18)5-4-6-13(11)19/h2-8,10H,9H2,1H3,(H,20,23)(H,21,22). The van der Waals surface area contributed by atoms with Crippen LogP contribution in [0.2, 0.25) is 5.02 Å². The van der Waals surface area contributed by atoms with Crippen LogP contribution in [0.4, 0.5) is 4.39 Å². The number of amides is 1. The van der Waals surface area contributed by atoms with E-state index in [0.717, 1.165) is 11.0 Å². The summed E-state index contributed by atoms with van der Waals surface area (Å²) in [5, 5.41) is 3.05. The van der Waals surface area contributed by atoms with Gasteiger partial charge in [0.05, 0.1) is 23.5 Å². The molecule has 0 aliphatic heterocycles. The first-order valence-corrected chi connectivity index (χ1v) is 7.59. The molecule has 118 valence electrons. The van der Waals surface area contributed by atoms with Gasteiger partial charge in [-0.15, -0.1) is 0 Å². The van der Waals surface area contributed by atoms with Crippen molar-refractivity contribution < 1.29 is 9.18 Å². The smallest absolute Gasteiger partial charge is 0.225 e. The van der Waals surface area contributed by atoms with Crippen LogP contribution in [0.25, 0.3) is 11.0 Å². The minimum absolute atomic E-state index is 0.115. The lowest BCUT2D eigenvalue weighted by atomic mass is 10.1. The molecular weight excluding hydrogens is 317 g/mol. The molecule has 1 atom stereocenters. The van der Waals surface area contributed by atoms with Crippen LogP contribution >= 0.6 is 11.6 Å². The minimum Gasteiger partial charge on any atom is -0.346 e. The Morgan fingerprint density at radius 2 is 2.09 bits per heavy atom. The van der Waals surface area contributed by atoms with Crippen LogP contribution in [0.3, 0.4) is 0 Å². The highest BCUT2D eigenvalue weighted by Gasteiger charge is 2.16. The van der Waals surface area contributed by atoms with Gasteiger partial charge in [0, 0.05) is 10.6 Å². The van der Waals surface area contributed by atoms with Crippen molar-refractivity contribution in [3.05, 3.63) is 64.7 Å². The molecule has 0 aliphatic carbocycles. The zero-order valence-corrected chi connectivity index (χ0v) is 13.2. The second kappa shape index (κ2) is 6.38. The molecule has 0 fully saturated rings. The molecular formula is C17H15ClFN3O. The summed E-state index contributed by atoms with van der Waals surface area (Å²) in [5.74, 6) is -0.145. The van der Waals surface area contributed by atoms with Gasteiger partial charge in [-0.3, -0.25) is 4.79 Å². The summed E-state index contributed by atoms with van der Waals surface area (Å²) in [4.78, 5) is 19.7. The first-order chi connectivity index (χ1) is 11.0. The Kier molecular flexibility index (Phi) is 4.30. The van der Waals surface area contributed by atoms with Gasteiger partial charge in [-0.05, 0) is 31.2 Å². The Hall–Kier alpha value is -2.40. The molecule has 3 rings (SSSR count). The van der Waals surface area contributed by atoms with E-state index < -0.39 is 5.82 Å². The van der Waals surface area contributed by atoms with Gasteiger partial charge in [-0.25, -0.2) is 9.37 Å². The fourth-order valence-electron chi connectivity index (χ4n) is 2.40. The number of nitrogens with one attached hydrogen (secondary N) is 2. The van der Waals surface area contributed by atoms with E-state index in [-0.39, 0.29) is 29.0 Å². The number of hydrogen-bond donors (Lipinski definition) is 2. The second-order valence-electron chi connectivity index (χ2n) is 5.31. The number of H-pyrrole nitrogens is 1. The highest BCUT2D eigenvalue weighted by atomic mass is 35.5. The molecule has 0 spiro atoms. The van der Waals surface area contributed by atoms with Gasteiger partial charge in [-0.2, -0.15) is 0 Å². The Labute approximate surface area is 137 Å². The summed E-state index contributed by atoms with van der Waals surface area (Å²) in [6.45, 7) is 1.82. The number of nitrogens with zero attached hydrogens (tertiary/aromatic N) is 1. The van der Waals surface area contributed by atoms with E-state index in [1.54, 1.807) is 6.07 Å². The van der Waals surface area contributed by atoms with Gasteiger partial charge in [0.15, 0.2) is 0 Å². The van der Waals surface area contributed by atoms with E-state index in [0.29, 0.717) is 5.82 Å². The molecule has 4 nitrogen and oxygen atoms in total. The van der Waals surface area contributed by atoms with Crippen LogP contribution in [0, 0.1) is 5.82 Å². The van der Waals surface area contributed by atoms with Gasteiger partial charge in [0.1, 0.15) is 11.6 Å². The van der Waals surface area contributed by atoms with Crippen LogP contribution in [-0.4, -0.2) is 15.9 Å². The monoisotopic (exact) mass is 331 g/mol. The summed E-state index contributed by atoms with van der Waals surface area (Å²) in [6.07, 6.45) is -0.115. The lowest BCUT2D eigenvalue weighted by Gasteiger charge is -2.12. The summed E-state index contributed by atoms with van der Waals surface area (Å²) >= 11 is 5.94. The van der Waals surface area contributed by atoms with Crippen molar-refractivity contribution in [2.24, 2.45) is 0 Å². The van der Waals surface area contributed by atoms with Gasteiger partial charge in [-0.1, -0.05) is 29.8 Å². The quantitative estimate of drug-likeness (QED) is 0.764. The summed E-state index contributed by atoms with van der Waals surface area (Å²) in [5.41, 5.74) is 1.94. The summed E-state index contributed by atoms with van der Waals surface area (Å²) in [7, 11) is 0. The van der Waals surface area contributed by atoms with E-state index in [1.165, 1.54) is 12.1 Å². The zero-order chi connectivity index (χ0) is 16.4. The fraction of sp³-hybridized carbons (Fsp3) is 0.176. The molecule has 1 amide bonds. The molecule has 6 heteroatoms. The number of rotatable bonds is 4. The van der Waals surface area contributed by atoms with Crippen LogP contribution in [0.15, 0.2) is 42.5 Å². The maximum atomic E-state index is 13.7. The second-order valence-corrected chi connectivity index (χ2v) is 5.71. The van der Waals surface area contributed by atoms with Gasteiger partial charge < -0.3 is 10.3 Å². The van der Waals surface area contributed by atoms with E-state index in [4.69, 9.17) is 11.6 Å². The molecule has 0 bridgehead atoms. The number of para-hydroxylation sites is 2. The molecule has 0 radical (unpaired) electrons. The third-order valence-corrected chi connectivity index (χ3v) is 3.95. The van der Waals surface area contributed by atoms with Crippen molar-refractivity contribution in [3.63, 3.8) is 0 Å². The molecule has 0 saturated heterocycles. The Balaban J connectivity index is 1.72. The number of benzene rings is 2. The van der Waals surface area contributed by atoms with E-state index in [9.17, 15) is 9.18 Å². The molecule has 3 aromatic rings. The average molecular weight is 332 g/mol. The number of carbonyl (C=O) groups excluding carboxylic acids is 1. The number of aromatic amines is 1. The average Bonchev–Trinajstić information content (AvgIpc) is 2.95. The van der Waals surface area contributed by atoms with Crippen molar-refractivity contribution in [1.82, 2.24) is 15.3 Å². The molecule has 23 heavy (non-hydrogen) atoms. The number of aromatic nitrogens is 2. The highest BCUT2D eigenvalue weighted by molar-refractivity contribution is 6.31. The van der Waals surface area contributed by atoms with Crippen LogP contribution in [0.1, 0.15) is 24.4 Å². The predicted molar refractivity (Wildman–Crippen MR) is 87.8 cm³/mol. The van der Waals surface area contributed by atoms with E-state index >= 15 is 0 Å². The largest absolute Gasteiger partial charge is 0.346 e. The van der Waals surface area contributed by atoms with Crippen LogP contribution in [0.5, 0.6) is 0 Å². The summed E-state index contributed by atoms with van der Waals surface area (Å²) in [6, 6.07) is 11.7. The third-order valence-electron chi connectivity index (χ3n) is 3.59. The van der Waals surface area contributed by atoms with Crippen molar-refractivity contribution in [2.75, 3.05) is 0 Å². The topological polar surface area (TPSA) is 57.8 Å². The third kappa shape index (κ3) is 3.35. The zero-order valence-electron chi connectivity index (χ0n) is 12.4. The Bertz CT molecular complexity index is 809. The number of halogens is 2. The Morgan fingerprint density at radius 3 is 2.83 bits per heavy atom. The van der Waals surface area contributed by atoms with Crippen molar-refractivity contribution in [2.45, 2.75) is 19.4 Å². The molecule has 1 unspecified atom stereocenters. The SMILES string of the molecule is CC(NC(=O)Cc1c(F)cccc1Cl)c1nc2ccccc2[nH]1. The van der Waals surface area contributed by atoms with Crippen molar-refractivity contribution >= 4 is 28.5 Å². The van der Waals surface area contributed by atoms with Crippen LogP contribution in [-0.2, 0) is 11.2 Å². The molecule has 0 saturated carbocycles. The lowest BCUT2D eigenvalue weighted by Crippen LogP contribution is -2.29.